The van der Waals surface area contributed by atoms with Crippen molar-refractivity contribution >= 4 is 11.8 Å². The lowest BCUT2D eigenvalue weighted by Crippen LogP contribution is -2.53. The van der Waals surface area contributed by atoms with Crippen LogP contribution in [0, 0.1) is 28.1 Å². The Morgan fingerprint density at radius 3 is 2.59 bits per heavy atom. The maximum Gasteiger partial charge on any atom is 0.327 e. The quantitative estimate of drug-likeness (QED) is 0.690. The van der Waals surface area contributed by atoms with Crippen LogP contribution in [0.2, 0.25) is 0 Å². The van der Waals surface area contributed by atoms with Gasteiger partial charge in [0.2, 0.25) is 0 Å². The number of hydrogen-bond acceptors (Lipinski definition) is 4. The molecule has 2 atom stereocenters. The van der Waals surface area contributed by atoms with Crippen LogP contribution < -0.4 is 0 Å². The Hall–Kier alpha value is -1.37. The first-order valence-electron chi connectivity index (χ1n) is 5.92. The van der Waals surface area contributed by atoms with Gasteiger partial charge in [0.15, 0.2) is 5.41 Å². The Labute approximate surface area is 102 Å². The van der Waals surface area contributed by atoms with E-state index in [1.807, 2.05) is 0 Å². The highest BCUT2D eigenvalue weighted by molar-refractivity contribution is 5.88. The van der Waals surface area contributed by atoms with Crippen LogP contribution in [0.4, 0.5) is 0 Å². The van der Waals surface area contributed by atoms with Crippen LogP contribution in [0.1, 0.15) is 40.5 Å². The molecule has 0 amide bonds. The maximum absolute atomic E-state index is 12.1. The number of ketones is 1. The molecule has 0 spiro atoms. The van der Waals surface area contributed by atoms with E-state index in [0.29, 0.717) is 0 Å². The molecule has 0 aromatic rings. The van der Waals surface area contributed by atoms with E-state index in [0.717, 1.165) is 0 Å². The SMILES string of the molecule is CCOC(=O)C1(C#N)C(C)CC(=O)CC1(C)C. The number of carbonyl (C=O) groups is 2. The van der Waals surface area contributed by atoms with Crippen molar-refractivity contribution in [2.75, 3.05) is 6.61 Å². The van der Waals surface area contributed by atoms with E-state index in [9.17, 15) is 14.9 Å². The molecule has 4 heteroatoms. The van der Waals surface area contributed by atoms with Gasteiger partial charge in [-0.3, -0.25) is 9.59 Å². The summed E-state index contributed by atoms with van der Waals surface area (Å²) in [6.07, 6.45) is 0.527. The second-order valence-electron chi connectivity index (χ2n) is 5.34. The number of carbonyl (C=O) groups excluding carboxylic acids is 2. The topological polar surface area (TPSA) is 67.2 Å². The average Bonchev–Trinajstić information content (AvgIpc) is 2.16. The maximum atomic E-state index is 12.1. The lowest BCUT2D eigenvalue weighted by Gasteiger charge is -2.46. The molecule has 0 aromatic heterocycles. The molecule has 94 valence electrons. The van der Waals surface area contributed by atoms with Gasteiger partial charge in [-0.05, 0) is 12.8 Å². The van der Waals surface area contributed by atoms with E-state index in [1.54, 1.807) is 27.7 Å². The minimum Gasteiger partial charge on any atom is -0.465 e. The molecule has 1 saturated carbocycles. The standard InChI is InChI=1S/C13H19NO3/c1-5-17-11(16)13(8-14)9(2)6-10(15)7-12(13,3)4/h9H,5-7H2,1-4H3. The van der Waals surface area contributed by atoms with Crippen LogP contribution in [-0.2, 0) is 14.3 Å². The molecular weight excluding hydrogens is 218 g/mol. The number of nitrogens with zero attached hydrogens (tertiary/aromatic N) is 1. The number of ether oxygens (including phenoxy) is 1. The van der Waals surface area contributed by atoms with Crippen molar-refractivity contribution in [3.8, 4) is 6.07 Å². The Balaban J connectivity index is 3.24. The summed E-state index contributed by atoms with van der Waals surface area (Å²) in [7, 11) is 0. The summed E-state index contributed by atoms with van der Waals surface area (Å²) >= 11 is 0. The van der Waals surface area contributed by atoms with E-state index in [4.69, 9.17) is 4.74 Å². The van der Waals surface area contributed by atoms with Crippen molar-refractivity contribution < 1.29 is 14.3 Å². The minimum atomic E-state index is -1.21. The Morgan fingerprint density at radius 2 is 2.18 bits per heavy atom. The molecule has 0 N–H and O–H groups in total. The van der Waals surface area contributed by atoms with E-state index in [1.165, 1.54) is 0 Å². The summed E-state index contributed by atoms with van der Waals surface area (Å²) < 4.78 is 5.04. The monoisotopic (exact) mass is 237 g/mol. The largest absolute Gasteiger partial charge is 0.465 e. The van der Waals surface area contributed by atoms with Gasteiger partial charge in [-0.2, -0.15) is 5.26 Å². The zero-order chi connectivity index (χ0) is 13.3. The summed E-state index contributed by atoms with van der Waals surface area (Å²) in [6.45, 7) is 7.33. The molecule has 1 aliphatic carbocycles. The number of nitriles is 1. The highest BCUT2D eigenvalue weighted by Gasteiger charge is 2.60. The molecule has 0 aliphatic heterocycles. The molecule has 0 radical (unpaired) electrons. The minimum absolute atomic E-state index is 0.109. The van der Waals surface area contributed by atoms with E-state index < -0.39 is 16.8 Å². The summed E-state index contributed by atoms with van der Waals surface area (Å²) in [5.74, 6) is -0.687. The van der Waals surface area contributed by atoms with Crippen LogP contribution in [-0.4, -0.2) is 18.4 Å². The molecule has 4 nitrogen and oxygen atoms in total. The van der Waals surface area contributed by atoms with E-state index in [2.05, 4.69) is 6.07 Å². The van der Waals surface area contributed by atoms with Crippen LogP contribution in [0.3, 0.4) is 0 Å². The molecule has 1 rings (SSSR count). The van der Waals surface area contributed by atoms with E-state index >= 15 is 0 Å². The van der Waals surface area contributed by atoms with Gasteiger partial charge < -0.3 is 4.74 Å². The molecule has 17 heavy (non-hydrogen) atoms. The van der Waals surface area contributed by atoms with Crippen LogP contribution in [0.5, 0.6) is 0 Å². The molecule has 0 saturated heterocycles. The highest BCUT2D eigenvalue weighted by atomic mass is 16.5. The van der Waals surface area contributed by atoms with Crippen molar-refractivity contribution in [3.63, 3.8) is 0 Å². The van der Waals surface area contributed by atoms with Crippen molar-refractivity contribution in [1.82, 2.24) is 0 Å². The predicted molar refractivity (Wildman–Crippen MR) is 61.9 cm³/mol. The fourth-order valence-corrected chi connectivity index (χ4v) is 2.90. The van der Waals surface area contributed by atoms with Gasteiger partial charge in [-0.15, -0.1) is 0 Å². The molecule has 1 fully saturated rings. The second-order valence-corrected chi connectivity index (χ2v) is 5.34. The zero-order valence-corrected chi connectivity index (χ0v) is 10.9. The number of rotatable bonds is 2. The van der Waals surface area contributed by atoms with Gasteiger partial charge in [0, 0.05) is 18.3 Å². The molecule has 0 aromatic carbocycles. The summed E-state index contributed by atoms with van der Waals surface area (Å²) in [4.78, 5) is 23.7. The van der Waals surface area contributed by atoms with Gasteiger partial charge >= 0.3 is 5.97 Å². The fraction of sp³-hybridized carbons (Fsp3) is 0.769. The third-order valence-corrected chi connectivity index (χ3v) is 3.75. The smallest absolute Gasteiger partial charge is 0.327 e. The van der Waals surface area contributed by atoms with Gasteiger partial charge in [0.05, 0.1) is 12.7 Å². The van der Waals surface area contributed by atoms with Crippen molar-refractivity contribution in [1.29, 1.82) is 5.26 Å². The van der Waals surface area contributed by atoms with Gasteiger partial charge in [-0.1, -0.05) is 20.8 Å². The van der Waals surface area contributed by atoms with Gasteiger partial charge in [-0.25, -0.2) is 0 Å². The summed E-state index contributed by atoms with van der Waals surface area (Å²) in [5, 5.41) is 9.47. The van der Waals surface area contributed by atoms with Crippen molar-refractivity contribution in [3.05, 3.63) is 0 Å². The third kappa shape index (κ3) is 1.95. The van der Waals surface area contributed by atoms with Crippen LogP contribution in [0.15, 0.2) is 0 Å². The van der Waals surface area contributed by atoms with Gasteiger partial charge in [0.1, 0.15) is 5.78 Å². The predicted octanol–water partition coefficient (Wildman–Crippen LogP) is 2.08. The molecular formula is C13H19NO3. The first-order valence-corrected chi connectivity index (χ1v) is 5.92. The van der Waals surface area contributed by atoms with Crippen molar-refractivity contribution in [2.45, 2.75) is 40.5 Å². The molecule has 2 unspecified atom stereocenters. The number of hydrogen-bond donors (Lipinski definition) is 0. The Bertz CT molecular complexity index is 381. The number of Topliss-reactive ketones (excluding diaryl/α,β-unsaturated/α-hetero) is 1. The van der Waals surface area contributed by atoms with Gasteiger partial charge in [0.25, 0.3) is 0 Å². The molecule has 1 aliphatic rings. The summed E-state index contributed by atoms with van der Waals surface area (Å²) in [5.41, 5.74) is -1.89. The van der Waals surface area contributed by atoms with Crippen LogP contribution in [0.25, 0.3) is 0 Å². The lowest BCUT2D eigenvalue weighted by atomic mass is 9.53. The van der Waals surface area contributed by atoms with Crippen molar-refractivity contribution in [2.24, 2.45) is 16.7 Å². The summed E-state index contributed by atoms with van der Waals surface area (Å²) in [6, 6.07) is 2.14. The fourth-order valence-electron chi connectivity index (χ4n) is 2.90. The third-order valence-electron chi connectivity index (χ3n) is 3.75. The first kappa shape index (κ1) is 13.7. The van der Waals surface area contributed by atoms with E-state index in [-0.39, 0.29) is 31.1 Å². The molecule has 0 bridgehead atoms. The first-order chi connectivity index (χ1) is 7.81. The zero-order valence-electron chi connectivity index (χ0n) is 10.9. The average molecular weight is 237 g/mol. The normalized spacial score (nSPS) is 31.7. The lowest BCUT2D eigenvalue weighted by molar-refractivity contribution is -0.167. The molecule has 0 heterocycles. The number of esters is 1. The Morgan fingerprint density at radius 1 is 1.59 bits per heavy atom. The Kier molecular flexibility index (Phi) is 3.61. The van der Waals surface area contributed by atoms with Crippen LogP contribution >= 0.6 is 0 Å². The highest BCUT2D eigenvalue weighted by Crippen LogP contribution is 2.52. The second kappa shape index (κ2) is 4.48.